The van der Waals surface area contributed by atoms with E-state index in [0.717, 1.165) is 17.1 Å². The molecule has 0 aliphatic rings. The molecule has 3 nitrogen and oxygen atoms in total. The van der Waals surface area contributed by atoms with Gasteiger partial charge in [0.05, 0.1) is 5.56 Å². The summed E-state index contributed by atoms with van der Waals surface area (Å²) in [5.74, 6) is -0.0833. The molecule has 0 radical (unpaired) electrons. The fourth-order valence-corrected chi connectivity index (χ4v) is 2.56. The first-order valence-corrected chi connectivity index (χ1v) is 7.51. The van der Waals surface area contributed by atoms with Gasteiger partial charge in [0.2, 0.25) is 0 Å². The van der Waals surface area contributed by atoms with Crippen molar-refractivity contribution in [2.24, 2.45) is 0 Å². The van der Waals surface area contributed by atoms with Gasteiger partial charge in [0, 0.05) is 22.4 Å². The monoisotopic (exact) mass is 294 g/mol. The number of nitrogens with one attached hydrogen (secondary N) is 2. The van der Waals surface area contributed by atoms with Crippen LogP contribution >= 0.6 is 11.3 Å². The Bertz CT molecular complexity index is 706. The zero-order valence-corrected chi connectivity index (χ0v) is 12.1. The van der Waals surface area contributed by atoms with E-state index in [9.17, 15) is 4.79 Å². The van der Waals surface area contributed by atoms with Crippen molar-refractivity contribution in [3.63, 3.8) is 0 Å². The van der Waals surface area contributed by atoms with Crippen LogP contribution in [0.25, 0.3) is 0 Å². The first kappa shape index (κ1) is 13.4. The second-order valence-electron chi connectivity index (χ2n) is 4.53. The fourth-order valence-electron chi connectivity index (χ4n) is 1.92. The van der Waals surface area contributed by atoms with Gasteiger partial charge in [-0.15, -0.1) is 0 Å². The molecule has 1 heterocycles. The van der Waals surface area contributed by atoms with E-state index in [1.165, 1.54) is 11.3 Å². The molecule has 21 heavy (non-hydrogen) atoms. The zero-order valence-electron chi connectivity index (χ0n) is 11.2. The topological polar surface area (TPSA) is 41.1 Å². The van der Waals surface area contributed by atoms with Crippen LogP contribution in [0.5, 0.6) is 0 Å². The minimum absolute atomic E-state index is 0.0833. The molecule has 0 fully saturated rings. The Balaban J connectivity index is 1.65. The Morgan fingerprint density at radius 1 is 0.810 bits per heavy atom. The largest absolute Gasteiger partial charge is 0.356 e. The first-order valence-electron chi connectivity index (χ1n) is 6.57. The van der Waals surface area contributed by atoms with Crippen LogP contribution < -0.4 is 10.6 Å². The summed E-state index contributed by atoms with van der Waals surface area (Å²) < 4.78 is 0. The molecular weight excluding hydrogens is 280 g/mol. The molecular formula is C17H14N2OS. The predicted octanol–water partition coefficient (Wildman–Crippen LogP) is 4.74. The van der Waals surface area contributed by atoms with Gasteiger partial charge in [-0.1, -0.05) is 18.2 Å². The summed E-state index contributed by atoms with van der Waals surface area (Å²) in [5.41, 5.74) is 3.48. The molecule has 0 aliphatic heterocycles. The number of para-hydroxylation sites is 1. The van der Waals surface area contributed by atoms with E-state index in [0.29, 0.717) is 5.56 Å². The molecule has 0 saturated heterocycles. The van der Waals surface area contributed by atoms with E-state index in [1.807, 2.05) is 71.4 Å². The lowest BCUT2D eigenvalue weighted by Crippen LogP contribution is -2.10. The van der Waals surface area contributed by atoms with Gasteiger partial charge in [-0.3, -0.25) is 4.79 Å². The third kappa shape index (κ3) is 3.49. The molecule has 0 unspecified atom stereocenters. The second-order valence-corrected chi connectivity index (χ2v) is 5.31. The molecule has 4 heteroatoms. The number of carbonyl (C=O) groups is 1. The SMILES string of the molecule is O=C(Nc1ccc(Nc2ccccc2)cc1)c1ccsc1. The van der Waals surface area contributed by atoms with Gasteiger partial charge in [-0.25, -0.2) is 0 Å². The van der Waals surface area contributed by atoms with E-state index in [1.54, 1.807) is 0 Å². The number of hydrogen-bond donors (Lipinski definition) is 2. The summed E-state index contributed by atoms with van der Waals surface area (Å²) >= 11 is 1.51. The van der Waals surface area contributed by atoms with Crippen LogP contribution in [0.4, 0.5) is 17.1 Å². The minimum Gasteiger partial charge on any atom is -0.356 e. The van der Waals surface area contributed by atoms with Crippen LogP contribution in [0.3, 0.4) is 0 Å². The first-order chi connectivity index (χ1) is 10.3. The van der Waals surface area contributed by atoms with Gasteiger partial charge in [0.15, 0.2) is 0 Å². The van der Waals surface area contributed by atoms with Crippen molar-refractivity contribution in [2.75, 3.05) is 10.6 Å². The molecule has 104 valence electrons. The summed E-state index contributed by atoms with van der Waals surface area (Å²) in [5, 5.41) is 9.90. The van der Waals surface area contributed by atoms with Crippen LogP contribution in [-0.2, 0) is 0 Å². The Labute approximate surface area is 127 Å². The number of anilines is 3. The van der Waals surface area contributed by atoms with Gasteiger partial charge < -0.3 is 10.6 Å². The molecule has 0 bridgehead atoms. The highest BCUT2D eigenvalue weighted by Crippen LogP contribution is 2.19. The second kappa shape index (κ2) is 6.24. The Morgan fingerprint density at radius 3 is 2.14 bits per heavy atom. The van der Waals surface area contributed by atoms with E-state index in [4.69, 9.17) is 0 Å². The number of carbonyl (C=O) groups excluding carboxylic acids is 1. The highest BCUT2D eigenvalue weighted by molar-refractivity contribution is 7.08. The molecule has 0 aliphatic carbocycles. The van der Waals surface area contributed by atoms with Gasteiger partial charge >= 0.3 is 0 Å². The van der Waals surface area contributed by atoms with Gasteiger partial charge in [-0.2, -0.15) is 11.3 Å². The third-order valence-electron chi connectivity index (χ3n) is 2.99. The van der Waals surface area contributed by atoms with Crippen molar-refractivity contribution in [1.82, 2.24) is 0 Å². The summed E-state index contributed by atoms with van der Waals surface area (Å²) in [4.78, 5) is 11.9. The predicted molar refractivity (Wildman–Crippen MR) is 88.4 cm³/mol. The summed E-state index contributed by atoms with van der Waals surface area (Å²) in [6.45, 7) is 0. The van der Waals surface area contributed by atoms with E-state index in [-0.39, 0.29) is 5.91 Å². The van der Waals surface area contributed by atoms with E-state index >= 15 is 0 Å². The van der Waals surface area contributed by atoms with Crippen molar-refractivity contribution < 1.29 is 4.79 Å². The fraction of sp³-hybridized carbons (Fsp3) is 0. The average molecular weight is 294 g/mol. The number of benzene rings is 2. The number of thiophene rings is 1. The van der Waals surface area contributed by atoms with Crippen LogP contribution in [0.2, 0.25) is 0 Å². The third-order valence-corrected chi connectivity index (χ3v) is 3.67. The highest BCUT2D eigenvalue weighted by atomic mass is 32.1. The summed E-state index contributed by atoms with van der Waals surface area (Å²) in [6.07, 6.45) is 0. The number of hydrogen-bond acceptors (Lipinski definition) is 3. The van der Waals surface area contributed by atoms with Crippen LogP contribution in [-0.4, -0.2) is 5.91 Å². The molecule has 0 saturated carbocycles. The lowest BCUT2D eigenvalue weighted by molar-refractivity contribution is 0.102. The molecule has 3 rings (SSSR count). The standard InChI is InChI=1S/C17H14N2OS/c20-17(13-10-11-21-12-13)19-16-8-6-15(7-9-16)18-14-4-2-1-3-5-14/h1-12,18H,(H,19,20). The Hall–Kier alpha value is -2.59. The number of amides is 1. The van der Waals surface area contributed by atoms with Crippen LogP contribution in [0.1, 0.15) is 10.4 Å². The molecule has 1 amide bonds. The van der Waals surface area contributed by atoms with Crippen molar-refractivity contribution in [3.8, 4) is 0 Å². The Kier molecular flexibility index (Phi) is 3.98. The van der Waals surface area contributed by atoms with Gasteiger partial charge in [0.25, 0.3) is 5.91 Å². The van der Waals surface area contributed by atoms with Gasteiger partial charge in [-0.05, 0) is 47.8 Å². The molecule has 3 aromatic rings. The van der Waals surface area contributed by atoms with Crippen molar-refractivity contribution >= 4 is 34.3 Å². The van der Waals surface area contributed by atoms with Crippen molar-refractivity contribution in [3.05, 3.63) is 77.0 Å². The highest BCUT2D eigenvalue weighted by Gasteiger charge is 2.05. The molecule has 2 aromatic carbocycles. The van der Waals surface area contributed by atoms with Crippen LogP contribution in [0.15, 0.2) is 71.4 Å². The Morgan fingerprint density at radius 2 is 1.48 bits per heavy atom. The summed E-state index contributed by atoms with van der Waals surface area (Å²) in [6, 6.07) is 19.4. The zero-order chi connectivity index (χ0) is 14.5. The smallest absolute Gasteiger partial charge is 0.256 e. The molecule has 0 spiro atoms. The van der Waals surface area contributed by atoms with Crippen molar-refractivity contribution in [1.29, 1.82) is 0 Å². The molecule has 1 aromatic heterocycles. The van der Waals surface area contributed by atoms with Gasteiger partial charge in [0.1, 0.15) is 0 Å². The molecule has 2 N–H and O–H groups in total. The van der Waals surface area contributed by atoms with E-state index in [2.05, 4.69) is 10.6 Å². The summed E-state index contributed by atoms with van der Waals surface area (Å²) in [7, 11) is 0. The number of rotatable bonds is 4. The minimum atomic E-state index is -0.0833. The quantitative estimate of drug-likeness (QED) is 0.729. The van der Waals surface area contributed by atoms with Crippen molar-refractivity contribution in [2.45, 2.75) is 0 Å². The average Bonchev–Trinajstić information content (AvgIpc) is 3.05. The van der Waals surface area contributed by atoms with E-state index < -0.39 is 0 Å². The molecule has 0 atom stereocenters. The lowest BCUT2D eigenvalue weighted by atomic mass is 10.2. The normalized spacial score (nSPS) is 10.1. The maximum Gasteiger partial charge on any atom is 0.256 e. The van der Waals surface area contributed by atoms with Crippen LogP contribution in [0, 0.1) is 0 Å². The lowest BCUT2D eigenvalue weighted by Gasteiger charge is -2.08. The maximum atomic E-state index is 11.9. The maximum absolute atomic E-state index is 11.9.